The quantitative estimate of drug-likeness (QED) is 0.109. The number of methoxy groups -OCH3 is 1. The third-order valence-corrected chi connectivity index (χ3v) is 5.69. The molecule has 0 radical (unpaired) electrons. The van der Waals surface area contributed by atoms with Crippen LogP contribution in [0.3, 0.4) is 0 Å². The van der Waals surface area contributed by atoms with Gasteiger partial charge in [0.2, 0.25) is 0 Å². The Labute approximate surface area is 211 Å². The van der Waals surface area contributed by atoms with Crippen molar-refractivity contribution >= 4 is 18.1 Å². The molecule has 188 valence electrons. The van der Waals surface area contributed by atoms with Crippen LogP contribution in [0.15, 0.2) is 71.8 Å². The first kappa shape index (κ1) is 26.5. The number of aromatic hydroxyl groups is 1. The molecule has 0 bridgehead atoms. The molecular formula is C29H32N2O5. The Hall–Kier alpha value is -4.13. The van der Waals surface area contributed by atoms with E-state index in [1.807, 2.05) is 12.1 Å². The summed E-state index contributed by atoms with van der Waals surface area (Å²) in [6.45, 7) is 2.20. The topological polar surface area (TPSA) is 97.2 Å². The summed E-state index contributed by atoms with van der Waals surface area (Å²) in [5, 5.41) is 14.2. The van der Waals surface area contributed by atoms with Crippen molar-refractivity contribution in [3.05, 3.63) is 89.0 Å². The van der Waals surface area contributed by atoms with Crippen molar-refractivity contribution in [2.75, 3.05) is 7.11 Å². The van der Waals surface area contributed by atoms with Crippen LogP contribution in [0.25, 0.3) is 0 Å². The molecule has 0 aromatic heterocycles. The third-order valence-electron chi connectivity index (χ3n) is 5.69. The van der Waals surface area contributed by atoms with E-state index in [2.05, 4.69) is 17.5 Å². The fraction of sp³-hybridized carbons (Fsp3) is 0.276. The highest BCUT2D eigenvalue weighted by atomic mass is 16.5. The van der Waals surface area contributed by atoms with Gasteiger partial charge in [0, 0.05) is 17.2 Å². The van der Waals surface area contributed by atoms with Gasteiger partial charge >= 0.3 is 5.97 Å². The zero-order chi connectivity index (χ0) is 25.8. The van der Waals surface area contributed by atoms with Crippen LogP contribution in [0.4, 0.5) is 0 Å². The van der Waals surface area contributed by atoms with Gasteiger partial charge in [-0.3, -0.25) is 4.79 Å². The number of esters is 1. The number of ether oxygens (including phenoxy) is 2. The molecule has 0 spiro atoms. The van der Waals surface area contributed by atoms with Gasteiger partial charge in [-0.15, -0.1) is 0 Å². The predicted molar refractivity (Wildman–Crippen MR) is 140 cm³/mol. The molecule has 0 aliphatic rings. The summed E-state index contributed by atoms with van der Waals surface area (Å²) in [4.78, 5) is 24.6. The van der Waals surface area contributed by atoms with Crippen molar-refractivity contribution in [3.8, 4) is 17.2 Å². The summed E-state index contributed by atoms with van der Waals surface area (Å²) in [6.07, 6.45) is 8.43. The Morgan fingerprint density at radius 3 is 2.22 bits per heavy atom. The van der Waals surface area contributed by atoms with E-state index in [1.54, 1.807) is 55.6 Å². The molecule has 3 aromatic carbocycles. The molecule has 0 fully saturated rings. The Morgan fingerprint density at radius 1 is 0.889 bits per heavy atom. The van der Waals surface area contributed by atoms with E-state index >= 15 is 0 Å². The standard InChI is InChI=1S/C29H32N2O5/c1-3-4-5-6-7-8-21-9-11-23(12-10-21)29(34)36-26-18-15-24(27(32)19-26)20-30-31-28(33)22-13-16-25(35-2)17-14-22/h9-20,32H,3-8H2,1-2H3,(H,31,33). The number of carbonyl (C=O) groups is 2. The van der Waals surface area contributed by atoms with Crippen molar-refractivity contribution in [1.29, 1.82) is 0 Å². The minimum atomic E-state index is -0.503. The number of hydrazone groups is 1. The maximum atomic E-state index is 12.5. The predicted octanol–water partition coefficient (Wildman–Crippen LogP) is 5.90. The van der Waals surface area contributed by atoms with E-state index < -0.39 is 11.9 Å². The third kappa shape index (κ3) is 7.98. The highest BCUT2D eigenvalue weighted by Gasteiger charge is 2.11. The molecular weight excluding hydrogens is 456 g/mol. The molecule has 3 aromatic rings. The number of amides is 1. The first-order valence-corrected chi connectivity index (χ1v) is 12.1. The molecule has 0 saturated heterocycles. The van der Waals surface area contributed by atoms with Gasteiger partial charge in [0.15, 0.2) is 0 Å². The molecule has 2 N–H and O–H groups in total. The molecule has 0 saturated carbocycles. The number of aryl methyl sites for hydroxylation is 1. The second-order valence-electron chi connectivity index (χ2n) is 8.40. The lowest BCUT2D eigenvalue weighted by molar-refractivity contribution is 0.0734. The second-order valence-corrected chi connectivity index (χ2v) is 8.40. The summed E-state index contributed by atoms with van der Waals surface area (Å²) in [7, 11) is 1.55. The molecule has 36 heavy (non-hydrogen) atoms. The van der Waals surface area contributed by atoms with Crippen LogP contribution in [0.2, 0.25) is 0 Å². The minimum Gasteiger partial charge on any atom is -0.507 e. The summed E-state index contributed by atoms with van der Waals surface area (Å²) in [6, 6.07) is 18.4. The van der Waals surface area contributed by atoms with Gasteiger partial charge in [0.25, 0.3) is 5.91 Å². The van der Waals surface area contributed by atoms with Gasteiger partial charge in [-0.1, -0.05) is 44.7 Å². The Bertz CT molecular complexity index is 1170. The van der Waals surface area contributed by atoms with E-state index in [-0.39, 0.29) is 11.5 Å². The van der Waals surface area contributed by atoms with Crippen molar-refractivity contribution in [2.45, 2.75) is 45.4 Å². The number of benzene rings is 3. The fourth-order valence-electron chi connectivity index (χ4n) is 3.57. The van der Waals surface area contributed by atoms with Gasteiger partial charge in [0.1, 0.15) is 17.2 Å². The minimum absolute atomic E-state index is 0.138. The molecule has 7 heteroatoms. The lowest BCUT2D eigenvalue weighted by atomic mass is 10.0. The molecule has 0 aliphatic carbocycles. The maximum absolute atomic E-state index is 12.5. The lowest BCUT2D eigenvalue weighted by Crippen LogP contribution is -2.17. The van der Waals surface area contributed by atoms with Gasteiger partial charge in [-0.2, -0.15) is 5.10 Å². The number of nitrogens with zero attached hydrogens (tertiary/aromatic N) is 1. The molecule has 0 unspecified atom stereocenters. The Morgan fingerprint density at radius 2 is 1.56 bits per heavy atom. The van der Waals surface area contributed by atoms with Gasteiger partial charge < -0.3 is 14.6 Å². The van der Waals surface area contributed by atoms with E-state index in [0.717, 1.165) is 12.8 Å². The van der Waals surface area contributed by atoms with Crippen molar-refractivity contribution in [2.24, 2.45) is 5.10 Å². The molecule has 7 nitrogen and oxygen atoms in total. The number of nitrogens with one attached hydrogen (secondary N) is 1. The van der Waals surface area contributed by atoms with Crippen LogP contribution in [0.1, 0.15) is 70.9 Å². The lowest BCUT2D eigenvalue weighted by Gasteiger charge is -2.07. The van der Waals surface area contributed by atoms with Gasteiger partial charge in [-0.05, 0) is 66.9 Å². The number of phenols is 1. The Kier molecular flexibility index (Phi) is 10.1. The number of hydrogen-bond donors (Lipinski definition) is 2. The summed E-state index contributed by atoms with van der Waals surface area (Å²) in [5.74, 6) is -0.192. The van der Waals surface area contributed by atoms with Crippen molar-refractivity contribution < 1.29 is 24.2 Å². The molecule has 0 heterocycles. The number of phenolic OH excluding ortho intramolecular Hbond substituents is 1. The summed E-state index contributed by atoms with van der Waals surface area (Å²) >= 11 is 0. The van der Waals surface area contributed by atoms with Crippen LogP contribution in [-0.2, 0) is 6.42 Å². The van der Waals surface area contributed by atoms with E-state index in [9.17, 15) is 14.7 Å². The van der Waals surface area contributed by atoms with Gasteiger partial charge in [0.05, 0.1) is 18.9 Å². The monoisotopic (exact) mass is 488 g/mol. The highest BCUT2D eigenvalue weighted by Crippen LogP contribution is 2.23. The SMILES string of the molecule is CCCCCCCc1ccc(C(=O)Oc2ccc(C=NNC(=O)c3ccc(OC)cc3)c(O)c2)cc1. The molecule has 3 rings (SSSR count). The highest BCUT2D eigenvalue weighted by molar-refractivity contribution is 5.95. The first-order valence-electron chi connectivity index (χ1n) is 12.1. The van der Waals surface area contributed by atoms with Gasteiger partial charge in [-0.25, -0.2) is 10.2 Å². The van der Waals surface area contributed by atoms with Crippen LogP contribution in [0.5, 0.6) is 17.2 Å². The van der Waals surface area contributed by atoms with Crippen molar-refractivity contribution in [1.82, 2.24) is 5.43 Å². The zero-order valence-corrected chi connectivity index (χ0v) is 20.7. The molecule has 0 aliphatic heterocycles. The normalized spacial score (nSPS) is 10.8. The van der Waals surface area contributed by atoms with Crippen LogP contribution < -0.4 is 14.9 Å². The maximum Gasteiger partial charge on any atom is 0.343 e. The smallest absolute Gasteiger partial charge is 0.343 e. The first-order chi connectivity index (χ1) is 17.5. The Balaban J connectivity index is 1.51. The summed E-state index contributed by atoms with van der Waals surface area (Å²) in [5.41, 5.74) is 4.81. The average Bonchev–Trinajstić information content (AvgIpc) is 2.90. The van der Waals surface area contributed by atoms with Crippen molar-refractivity contribution in [3.63, 3.8) is 0 Å². The fourth-order valence-corrected chi connectivity index (χ4v) is 3.57. The summed E-state index contributed by atoms with van der Waals surface area (Å²) < 4.78 is 10.5. The largest absolute Gasteiger partial charge is 0.507 e. The number of carbonyl (C=O) groups excluding carboxylic acids is 2. The van der Waals surface area contributed by atoms with Crippen LogP contribution in [-0.4, -0.2) is 30.3 Å². The average molecular weight is 489 g/mol. The number of rotatable bonds is 12. The van der Waals surface area contributed by atoms with E-state index in [0.29, 0.717) is 22.4 Å². The number of hydrogen-bond acceptors (Lipinski definition) is 6. The second kappa shape index (κ2) is 13.7. The van der Waals surface area contributed by atoms with E-state index in [1.165, 1.54) is 43.5 Å². The molecule has 1 amide bonds. The van der Waals surface area contributed by atoms with Crippen LogP contribution >= 0.6 is 0 Å². The number of unbranched alkanes of at least 4 members (excludes halogenated alkanes) is 4. The van der Waals surface area contributed by atoms with E-state index in [4.69, 9.17) is 9.47 Å². The zero-order valence-electron chi connectivity index (χ0n) is 20.7. The molecule has 0 atom stereocenters. The van der Waals surface area contributed by atoms with Crippen LogP contribution in [0, 0.1) is 0 Å².